The fourth-order valence-electron chi connectivity index (χ4n) is 2.86. The number of Topliss-reactive ketones (excluding diaryl/α,β-unsaturated/α-hetero) is 2. The first-order valence-electron chi connectivity index (χ1n) is 8.59. The van der Waals surface area contributed by atoms with Gasteiger partial charge >= 0.3 is 0 Å². The van der Waals surface area contributed by atoms with Gasteiger partial charge in [-0.3, -0.25) is 9.59 Å². The minimum atomic E-state index is 0.0210. The third kappa shape index (κ3) is 4.48. The lowest BCUT2D eigenvalue weighted by Gasteiger charge is -2.02. The van der Waals surface area contributed by atoms with E-state index >= 15 is 0 Å². The number of aromatic nitrogens is 2. The minimum absolute atomic E-state index is 0.0210. The van der Waals surface area contributed by atoms with Crippen molar-refractivity contribution < 1.29 is 18.7 Å². The van der Waals surface area contributed by atoms with Crippen LogP contribution in [-0.4, -0.2) is 11.6 Å². The topological polar surface area (TPSA) is 41.9 Å². The van der Waals surface area contributed by atoms with Crippen molar-refractivity contribution in [3.63, 3.8) is 0 Å². The van der Waals surface area contributed by atoms with Crippen molar-refractivity contribution in [2.75, 3.05) is 0 Å². The number of rotatable bonds is 6. The molecule has 0 aliphatic rings. The number of hydrogen-bond donors (Lipinski definition) is 0. The lowest BCUT2D eigenvalue weighted by Crippen LogP contribution is -2.37. The standard InChI is InChI=1S/C22H22N2O2/c1-17-5-3-11-23(13-17)15-21(25)19-7-9-20(10-8-19)22(26)16-24-12-4-6-18(2)14-24/h3-14H,15-16H2,1-2H3/q+2. The van der Waals surface area contributed by atoms with Crippen LogP contribution in [0.4, 0.5) is 0 Å². The van der Waals surface area contributed by atoms with E-state index in [1.165, 1.54) is 0 Å². The summed E-state index contributed by atoms with van der Waals surface area (Å²) in [6, 6.07) is 14.8. The summed E-state index contributed by atoms with van der Waals surface area (Å²) in [5.41, 5.74) is 3.43. The third-order valence-electron chi connectivity index (χ3n) is 4.19. The lowest BCUT2D eigenvalue weighted by atomic mass is 10.1. The van der Waals surface area contributed by atoms with Crippen LogP contribution in [0, 0.1) is 13.8 Å². The van der Waals surface area contributed by atoms with Crippen LogP contribution in [0.1, 0.15) is 31.8 Å². The largest absolute Gasteiger partial charge is 0.287 e. The van der Waals surface area contributed by atoms with Crippen molar-refractivity contribution in [2.24, 2.45) is 0 Å². The van der Waals surface area contributed by atoms with Crippen LogP contribution >= 0.6 is 0 Å². The second-order valence-corrected chi connectivity index (χ2v) is 6.53. The van der Waals surface area contributed by atoms with Gasteiger partial charge in [0.25, 0.3) is 0 Å². The maximum atomic E-state index is 12.4. The van der Waals surface area contributed by atoms with Crippen LogP contribution < -0.4 is 9.13 Å². The van der Waals surface area contributed by atoms with Gasteiger partial charge in [0, 0.05) is 34.4 Å². The smallest absolute Gasteiger partial charge is 0.227 e. The molecule has 0 aliphatic heterocycles. The molecule has 4 nitrogen and oxygen atoms in total. The number of benzene rings is 1. The van der Waals surface area contributed by atoms with Gasteiger partial charge in [-0.1, -0.05) is 24.3 Å². The molecule has 0 amide bonds. The van der Waals surface area contributed by atoms with E-state index in [4.69, 9.17) is 0 Å². The Kier molecular flexibility index (Phi) is 5.32. The van der Waals surface area contributed by atoms with Gasteiger partial charge in [-0.25, -0.2) is 0 Å². The number of carbonyl (C=O) groups is 2. The lowest BCUT2D eigenvalue weighted by molar-refractivity contribution is -0.683. The van der Waals surface area contributed by atoms with E-state index in [0.29, 0.717) is 11.1 Å². The van der Waals surface area contributed by atoms with E-state index in [1.54, 1.807) is 24.3 Å². The van der Waals surface area contributed by atoms with Gasteiger partial charge in [0.1, 0.15) is 0 Å². The van der Waals surface area contributed by atoms with Gasteiger partial charge in [0.2, 0.25) is 24.7 Å². The minimum Gasteiger partial charge on any atom is -0.287 e. The highest BCUT2D eigenvalue weighted by Crippen LogP contribution is 2.07. The van der Waals surface area contributed by atoms with Gasteiger partial charge in [-0.2, -0.15) is 9.13 Å². The molecule has 0 bridgehead atoms. The molecule has 2 heterocycles. The van der Waals surface area contributed by atoms with E-state index in [-0.39, 0.29) is 24.7 Å². The molecule has 3 rings (SSSR count). The number of carbonyl (C=O) groups excluding carboxylic acids is 2. The van der Waals surface area contributed by atoms with Crippen LogP contribution in [0.5, 0.6) is 0 Å². The van der Waals surface area contributed by atoms with Crippen LogP contribution in [0.2, 0.25) is 0 Å². The SMILES string of the molecule is Cc1ccc[n+](CC(=O)c2ccc(C(=O)C[n+]3cccc(C)c3)cc2)c1. The molecule has 0 spiro atoms. The summed E-state index contributed by atoms with van der Waals surface area (Å²) in [7, 11) is 0. The van der Waals surface area contributed by atoms with Gasteiger partial charge < -0.3 is 0 Å². The second-order valence-electron chi connectivity index (χ2n) is 6.53. The molecule has 0 saturated heterocycles. The fraction of sp³-hybridized carbons (Fsp3) is 0.182. The molecule has 0 radical (unpaired) electrons. The molecule has 26 heavy (non-hydrogen) atoms. The molecule has 0 fully saturated rings. The average Bonchev–Trinajstić information content (AvgIpc) is 2.62. The van der Waals surface area contributed by atoms with Crippen molar-refractivity contribution in [1.82, 2.24) is 0 Å². The Labute approximate surface area is 153 Å². The first kappa shape index (κ1) is 17.7. The number of ketones is 2. The predicted octanol–water partition coefficient (Wildman–Crippen LogP) is 2.64. The summed E-state index contributed by atoms with van der Waals surface area (Å²) >= 11 is 0. The molecule has 3 aromatic rings. The molecule has 0 unspecified atom stereocenters. The number of pyridine rings is 2. The van der Waals surface area contributed by atoms with Gasteiger partial charge in [-0.05, 0) is 26.0 Å². The van der Waals surface area contributed by atoms with E-state index in [2.05, 4.69) is 0 Å². The molecule has 1 aromatic carbocycles. The highest BCUT2D eigenvalue weighted by Gasteiger charge is 2.15. The second kappa shape index (κ2) is 7.83. The van der Waals surface area contributed by atoms with E-state index in [0.717, 1.165) is 11.1 Å². The molecule has 0 N–H and O–H groups in total. The zero-order valence-electron chi connectivity index (χ0n) is 15.1. The van der Waals surface area contributed by atoms with Crippen LogP contribution in [-0.2, 0) is 13.1 Å². The number of hydrogen-bond acceptors (Lipinski definition) is 2. The maximum absolute atomic E-state index is 12.4. The molecule has 0 saturated carbocycles. The Morgan fingerprint density at radius 3 is 1.42 bits per heavy atom. The molecular formula is C22H22N2O2+2. The number of aryl methyl sites for hydroxylation is 2. The molecule has 4 heteroatoms. The quantitative estimate of drug-likeness (QED) is 0.509. The molecule has 2 aromatic heterocycles. The molecule has 130 valence electrons. The van der Waals surface area contributed by atoms with E-state index in [1.807, 2.05) is 72.0 Å². The highest BCUT2D eigenvalue weighted by atomic mass is 16.1. The summed E-state index contributed by atoms with van der Waals surface area (Å²) in [4.78, 5) is 24.9. The van der Waals surface area contributed by atoms with Crippen molar-refractivity contribution >= 4 is 11.6 Å². The van der Waals surface area contributed by atoms with Gasteiger partial charge in [0.15, 0.2) is 24.8 Å². The zero-order chi connectivity index (χ0) is 18.5. The molecule has 0 aliphatic carbocycles. The van der Waals surface area contributed by atoms with Crippen LogP contribution in [0.3, 0.4) is 0 Å². The summed E-state index contributed by atoms with van der Waals surface area (Å²) < 4.78 is 3.73. The van der Waals surface area contributed by atoms with Gasteiger partial charge in [-0.15, -0.1) is 0 Å². The summed E-state index contributed by atoms with van der Waals surface area (Å²) in [6.07, 6.45) is 7.63. The summed E-state index contributed by atoms with van der Waals surface area (Å²) in [5, 5.41) is 0. The van der Waals surface area contributed by atoms with Crippen LogP contribution in [0.15, 0.2) is 73.3 Å². The summed E-state index contributed by atoms with van der Waals surface area (Å²) in [5.74, 6) is 0.0420. The van der Waals surface area contributed by atoms with Crippen molar-refractivity contribution in [2.45, 2.75) is 26.9 Å². The average molecular weight is 346 g/mol. The monoisotopic (exact) mass is 346 g/mol. The maximum Gasteiger partial charge on any atom is 0.227 e. The third-order valence-corrected chi connectivity index (χ3v) is 4.19. The Morgan fingerprint density at radius 2 is 1.08 bits per heavy atom. The first-order chi connectivity index (χ1) is 12.5. The molecule has 0 atom stereocenters. The zero-order valence-corrected chi connectivity index (χ0v) is 15.1. The van der Waals surface area contributed by atoms with Crippen molar-refractivity contribution in [1.29, 1.82) is 0 Å². The van der Waals surface area contributed by atoms with Crippen molar-refractivity contribution in [3.05, 3.63) is 95.6 Å². The van der Waals surface area contributed by atoms with Crippen LogP contribution in [0.25, 0.3) is 0 Å². The Bertz CT molecular complexity index is 868. The Morgan fingerprint density at radius 1 is 0.692 bits per heavy atom. The summed E-state index contributed by atoms with van der Waals surface area (Å²) in [6.45, 7) is 4.56. The highest BCUT2D eigenvalue weighted by molar-refractivity contribution is 5.98. The van der Waals surface area contributed by atoms with Gasteiger partial charge in [0.05, 0.1) is 0 Å². The Balaban J connectivity index is 1.67. The van der Waals surface area contributed by atoms with E-state index < -0.39 is 0 Å². The first-order valence-corrected chi connectivity index (χ1v) is 8.59. The molecular weight excluding hydrogens is 324 g/mol. The predicted molar refractivity (Wildman–Crippen MR) is 97.9 cm³/mol. The fourth-order valence-corrected chi connectivity index (χ4v) is 2.86. The Hall–Kier alpha value is -3.14. The normalized spacial score (nSPS) is 10.5. The van der Waals surface area contributed by atoms with E-state index in [9.17, 15) is 9.59 Å². The van der Waals surface area contributed by atoms with Crippen molar-refractivity contribution in [3.8, 4) is 0 Å². The number of nitrogens with zero attached hydrogens (tertiary/aromatic N) is 2.